The fourth-order valence-corrected chi connectivity index (χ4v) is 5.63. The maximum Gasteiger partial charge on any atom is 0.319 e. The van der Waals surface area contributed by atoms with Gasteiger partial charge in [-0.25, -0.2) is 4.39 Å². The molecule has 2 aromatic carbocycles. The first kappa shape index (κ1) is 21.5. The van der Waals surface area contributed by atoms with Gasteiger partial charge in [-0.15, -0.1) is 5.25 Å². The first-order valence-corrected chi connectivity index (χ1v) is 12.3. The van der Waals surface area contributed by atoms with Crippen molar-refractivity contribution in [1.29, 1.82) is 0 Å². The Morgan fingerprint density at radius 3 is 2.07 bits per heavy atom. The smallest absolute Gasteiger partial charge is 0.319 e. The SMILES string of the molecule is Cc1cc(P(=O)(O)NO)cc(C)c1Oc1ccc(C2CCC(C3CC3)CC2)cc1F. The molecule has 0 aliphatic heterocycles. The fraction of sp³-hybridized carbons (Fsp3) is 0.478. The molecule has 2 aromatic rings. The number of benzene rings is 2. The summed E-state index contributed by atoms with van der Waals surface area (Å²) in [6.07, 6.45) is 7.53. The molecule has 0 radical (unpaired) electrons. The predicted molar refractivity (Wildman–Crippen MR) is 114 cm³/mol. The molecule has 0 saturated heterocycles. The number of ether oxygens (including phenoxy) is 1. The highest BCUT2D eigenvalue weighted by Crippen LogP contribution is 2.47. The third kappa shape index (κ3) is 4.47. The molecule has 1 unspecified atom stereocenters. The zero-order valence-corrected chi connectivity index (χ0v) is 18.3. The van der Waals surface area contributed by atoms with Gasteiger partial charge in [-0.05, 0) is 111 Å². The van der Waals surface area contributed by atoms with Crippen LogP contribution in [0.3, 0.4) is 0 Å². The molecule has 0 aromatic heterocycles. The molecule has 0 amide bonds. The normalized spacial score (nSPS) is 23.8. The van der Waals surface area contributed by atoms with Crippen molar-refractivity contribution in [2.45, 2.75) is 58.3 Å². The third-order valence-electron chi connectivity index (χ3n) is 6.63. The van der Waals surface area contributed by atoms with Crippen LogP contribution in [0.25, 0.3) is 0 Å². The predicted octanol–water partition coefficient (Wildman–Crippen LogP) is 5.71. The van der Waals surface area contributed by atoms with Gasteiger partial charge in [-0.3, -0.25) is 4.57 Å². The van der Waals surface area contributed by atoms with Crippen LogP contribution in [0.15, 0.2) is 30.3 Å². The number of aryl methyl sites for hydroxylation is 2. The Morgan fingerprint density at radius 1 is 1.00 bits per heavy atom. The molecule has 4 rings (SSSR count). The van der Waals surface area contributed by atoms with Gasteiger partial charge < -0.3 is 14.8 Å². The Balaban J connectivity index is 1.49. The van der Waals surface area contributed by atoms with Gasteiger partial charge in [0.05, 0.1) is 5.30 Å². The Labute approximate surface area is 176 Å². The Kier molecular flexibility index (Phi) is 6.04. The van der Waals surface area contributed by atoms with E-state index in [0.29, 0.717) is 22.8 Å². The van der Waals surface area contributed by atoms with Gasteiger partial charge in [0.15, 0.2) is 11.6 Å². The van der Waals surface area contributed by atoms with Crippen LogP contribution in [0.2, 0.25) is 0 Å². The standard InChI is InChI=1S/C23H29FNO4P/c1-14-11-20(30(27,28)25-26)12-15(2)23(14)29-22-10-9-19(13-21(22)24)18-7-5-17(6-8-18)16-3-4-16/h9-13,16-18,26H,3-8H2,1-2H3,(H2,25,27,28). The first-order chi connectivity index (χ1) is 14.3. The Hall–Kier alpha value is -1.72. The molecule has 0 bridgehead atoms. The van der Waals surface area contributed by atoms with E-state index >= 15 is 0 Å². The van der Waals surface area contributed by atoms with Crippen molar-refractivity contribution < 1.29 is 23.8 Å². The summed E-state index contributed by atoms with van der Waals surface area (Å²) in [6.45, 7) is 3.43. The lowest BCUT2D eigenvalue weighted by atomic mass is 9.77. The van der Waals surface area contributed by atoms with Crippen LogP contribution in [0, 0.1) is 31.5 Å². The highest BCUT2D eigenvalue weighted by Gasteiger charge is 2.34. The van der Waals surface area contributed by atoms with Crippen LogP contribution in [0.5, 0.6) is 11.5 Å². The van der Waals surface area contributed by atoms with E-state index < -0.39 is 13.3 Å². The molecule has 1 atom stereocenters. The molecule has 7 heteroatoms. The van der Waals surface area contributed by atoms with Crippen LogP contribution in [0.4, 0.5) is 4.39 Å². The van der Waals surface area contributed by atoms with Crippen LogP contribution in [-0.4, -0.2) is 10.1 Å². The monoisotopic (exact) mass is 433 g/mol. The van der Waals surface area contributed by atoms with Gasteiger partial charge in [0.1, 0.15) is 5.75 Å². The maximum absolute atomic E-state index is 14.8. The first-order valence-electron chi connectivity index (χ1n) is 10.6. The number of hydrogen-bond acceptors (Lipinski definition) is 3. The number of nitrogens with one attached hydrogen (secondary N) is 1. The summed E-state index contributed by atoms with van der Waals surface area (Å²) in [5.74, 6) is 2.41. The number of halogens is 1. The molecule has 2 aliphatic rings. The van der Waals surface area contributed by atoms with Crippen LogP contribution in [-0.2, 0) is 4.57 Å². The lowest BCUT2D eigenvalue weighted by Gasteiger charge is -2.29. The van der Waals surface area contributed by atoms with E-state index in [1.54, 1.807) is 26.0 Å². The Bertz CT molecular complexity index is 960. The van der Waals surface area contributed by atoms with Crippen LogP contribution in [0.1, 0.15) is 61.1 Å². The molecule has 0 spiro atoms. The fourth-order valence-electron chi connectivity index (χ4n) is 4.78. The van der Waals surface area contributed by atoms with E-state index in [0.717, 1.165) is 30.2 Å². The average molecular weight is 433 g/mol. The van der Waals surface area contributed by atoms with E-state index in [2.05, 4.69) is 0 Å². The van der Waals surface area contributed by atoms with Crippen molar-refractivity contribution in [1.82, 2.24) is 5.25 Å². The lowest BCUT2D eigenvalue weighted by Crippen LogP contribution is -2.17. The minimum atomic E-state index is -4.04. The molecular weight excluding hydrogens is 404 g/mol. The quantitative estimate of drug-likeness (QED) is 0.402. The minimum Gasteiger partial charge on any atom is -0.454 e. The number of rotatable bonds is 6. The van der Waals surface area contributed by atoms with E-state index in [1.807, 2.05) is 6.07 Å². The summed E-state index contributed by atoms with van der Waals surface area (Å²) >= 11 is 0. The van der Waals surface area contributed by atoms with E-state index in [9.17, 15) is 13.8 Å². The molecule has 2 saturated carbocycles. The molecule has 162 valence electrons. The largest absolute Gasteiger partial charge is 0.454 e. The average Bonchev–Trinajstić information content (AvgIpc) is 3.57. The van der Waals surface area contributed by atoms with E-state index in [1.165, 1.54) is 43.1 Å². The van der Waals surface area contributed by atoms with Crippen LogP contribution < -0.4 is 15.3 Å². The van der Waals surface area contributed by atoms with Crippen molar-refractivity contribution in [3.63, 3.8) is 0 Å². The Morgan fingerprint density at radius 2 is 1.57 bits per heavy atom. The number of hydrogen-bond donors (Lipinski definition) is 3. The molecule has 2 fully saturated rings. The molecular formula is C23H29FNO4P. The molecule has 3 N–H and O–H groups in total. The summed E-state index contributed by atoms with van der Waals surface area (Å²) in [5.41, 5.74) is 2.20. The highest BCUT2D eigenvalue weighted by atomic mass is 31.2. The topological polar surface area (TPSA) is 78.8 Å². The van der Waals surface area contributed by atoms with Crippen molar-refractivity contribution >= 4 is 12.8 Å². The second kappa shape index (κ2) is 8.43. The zero-order chi connectivity index (χ0) is 21.5. The van der Waals surface area contributed by atoms with E-state index in [-0.39, 0.29) is 11.1 Å². The second-order valence-corrected chi connectivity index (χ2v) is 10.7. The molecule has 30 heavy (non-hydrogen) atoms. The van der Waals surface area contributed by atoms with Crippen molar-refractivity contribution in [2.24, 2.45) is 11.8 Å². The van der Waals surface area contributed by atoms with Gasteiger partial charge in [0, 0.05) is 0 Å². The second-order valence-electron chi connectivity index (χ2n) is 8.83. The van der Waals surface area contributed by atoms with Gasteiger partial charge >= 0.3 is 7.52 Å². The molecule has 0 heterocycles. The molecule has 2 aliphatic carbocycles. The van der Waals surface area contributed by atoms with Gasteiger partial charge in [0.2, 0.25) is 0 Å². The maximum atomic E-state index is 14.8. The van der Waals surface area contributed by atoms with Gasteiger partial charge in [-0.1, -0.05) is 6.07 Å². The summed E-state index contributed by atoms with van der Waals surface area (Å²) in [6, 6.07) is 8.13. The lowest BCUT2D eigenvalue weighted by molar-refractivity contribution is 0.226. The van der Waals surface area contributed by atoms with Crippen LogP contribution >= 0.6 is 7.52 Å². The highest BCUT2D eigenvalue weighted by molar-refractivity contribution is 7.63. The zero-order valence-electron chi connectivity index (χ0n) is 17.4. The molecule has 5 nitrogen and oxygen atoms in total. The van der Waals surface area contributed by atoms with Crippen molar-refractivity contribution in [3.8, 4) is 11.5 Å². The summed E-state index contributed by atoms with van der Waals surface area (Å²) in [5, 5.41) is 10.4. The van der Waals surface area contributed by atoms with Gasteiger partial charge in [-0.2, -0.15) is 0 Å². The van der Waals surface area contributed by atoms with Crippen molar-refractivity contribution in [3.05, 3.63) is 52.8 Å². The minimum absolute atomic E-state index is 0.0602. The van der Waals surface area contributed by atoms with Gasteiger partial charge in [0.25, 0.3) is 0 Å². The van der Waals surface area contributed by atoms with E-state index in [4.69, 9.17) is 9.94 Å². The van der Waals surface area contributed by atoms with Crippen molar-refractivity contribution in [2.75, 3.05) is 0 Å². The summed E-state index contributed by atoms with van der Waals surface area (Å²) in [4.78, 5) is 9.77. The summed E-state index contributed by atoms with van der Waals surface area (Å²) in [7, 11) is -4.04. The summed E-state index contributed by atoms with van der Waals surface area (Å²) < 4.78 is 32.6. The third-order valence-corrected chi connectivity index (χ3v) is 7.86.